The molecule has 2 aromatic carbocycles. The minimum atomic E-state index is -0.979. The van der Waals surface area contributed by atoms with Gasteiger partial charge in [-0.05, 0) is 47.9 Å². The lowest BCUT2D eigenvalue weighted by Crippen LogP contribution is -2.60. The zero-order valence-corrected chi connectivity index (χ0v) is 19.3. The molecule has 4 rings (SSSR count). The number of aliphatic carboxylic acids is 1. The number of alkyl carbamates (subject to hydrolysis) is 1. The van der Waals surface area contributed by atoms with Gasteiger partial charge in [0.2, 0.25) is 5.91 Å². The van der Waals surface area contributed by atoms with E-state index in [0.717, 1.165) is 41.5 Å². The molecule has 0 atom stereocenters. The molecule has 2 aliphatic rings. The van der Waals surface area contributed by atoms with Crippen LogP contribution in [0.4, 0.5) is 4.79 Å². The van der Waals surface area contributed by atoms with Gasteiger partial charge in [0.25, 0.3) is 0 Å². The van der Waals surface area contributed by atoms with Crippen molar-refractivity contribution in [2.75, 3.05) is 13.2 Å². The fourth-order valence-electron chi connectivity index (χ4n) is 5.17. The summed E-state index contributed by atoms with van der Waals surface area (Å²) >= 11 is 0. The first-order valence-electron chi connectivity index (χ1n) is 12.1. The second-order valence-corrected chi connectivity index (χ2v) is 9.20. The van der Waals surface area contributed by atoms with Gasteiger partial charge in [-0.25, -0.2) is 4.79 Å². The van der Waals surface area contributed by atoms with E-state index in [4.69, 9.17) is 9.84 Å². The third-order valence-electron chi connectivity index (χ3n) is 6.93. The summed E-state index contributed by atoms with van der Waals surface area (Å²) in [6, 6.07) is 16.3. The molecule has 0 aliphatic heterocycles. The van der Waals surface area contributed by atoms with Crippen molar-refractivity contribution in [2.45, 2.75) is 62.8 Å². The number of rotatable bonds is 9. The highest BCUT2D eigenvalue weighted by Gasteiger charge is 2.41. The van der Waals surface area contributed by atoms with Crippen molar-refractivity contribution in [1.82, 2.24) is 10.6 Å². The molecular weight excluding hydrogens is 432 g/mol. The molecule has 0 radical (unpaired) electrons. The highest BCUT2D eigenvalue weighted by atomic mass is 16.5. The molecule has 180 valence electrons. The Labute approximate surface area is 199 Å². The first-order chi connectivity index (χ1) is 16.5. The molecule has 7 nitrogen and oxygen atoms in total. The molecule has 0 saturated heterocycles. The molecule has 2 aliphatic carbocycles. The number of benzene rings is 2. The number of hydrogen-bond donors (Lipinski definition) is 3. The van der Waals surface area contributed by atoms with Gasteiger partial charge in [-0.3, -0.25) is 9.59 Å². The molecule has 34 heavy (non-hydrogen) atoms. The van der Waals surface area contributed by atoms with Crippen LogP contribution in [0.15, 0.2) is 48.5 Å². The molecular formula is C27H32N2O5. The topological polar surface area (TPSA) is 105 Å². The lowest BCUT2D eigenvalue weighted by atomic mass is 9.81. The Hall–Kier alpha value is -3.35. The highest BCUT2D eigenvalue weighted by Crippen LogP contribution is 2.44. The molecule has 0 bridgehead atoms. The first kappa shape index (κ1) is 23.8. The van der Waals surface area contributed by atoms with Gasteiger partial charge in [0.05, 0.1) is 0 Å². The van der Waals surface area contributed by atoms with Crippen molar-refractivity contribution in [3.63, 3.8) is 0 Å². The van der Waals surface area contributed by atoms with Crippen LogP contribution in [0.3, 0.4) is 0 Å². The minimum Gasteiger partial charge on any atom is -0.481 e. The van der Waals surface area contributed by atoms with Crippen LogP contribution in [0, 0.1) is 0 Å². The average molecular weight is 465 g/mol. The number of carboxylic acid groups (broad SMARTS) is 1. The van der Waals surface area contributed by atoms with Crippen LogP contribution in [0.1, 0.15) is 68.4 Å². The first-order valence-corrected chi connectivity index (χ1v) is 12.1. The van der Waals surface area contributed by atoms with Gasteiger partial charge in [0.15, 0.2) is 0 Å². The average Bonchev–Trinajstić information content (AvgIpc) is 3.16. The third-order valence-corrected chi connectivity index (χ3v) is 6.93. The number of hydrogen-bond acceptors (Lipinski definition) is 4. The van der Waals surface area contributed by atoms with E-state index in [1.54, 1.807) is 0 Å². The van der Waals surface area contributed by atoms with Gasteiger partial charge >= 0.3 is 12.1 Å². The van der Waals surface area contributed by atoms with Crippen molar-refractivity contribution < 1.29 is 24.2 Å². The molecule has 1 fully saturated rings. The smallest absolute Gasteiger partial charge is 0.408 e. The lowest BCUT2D eigenvalue weighted by molar-refractivity contribution is -0.137. The largest absolute Gasteiger partial charge is 0.481 e. The summed E-state index contributed by atoms with van der Waals surface area (Å²) in [6.07, 6.45) is 4.47. The SMILES string of the molecule is O=C(O)CCCCNC(=O)C1(NC(=O)OCC2c3ccccc3-c3ccccc32)CCCCC1. The predicted octanol–water partition coefficient (Wildman–Crippen LogP) is 4.60. The van der Waals surface area contributed by atoms with E-state index < -0.39 is 17.6 Å². The van der Waals surface area contributed by atoms with Crippen molar-refractivity contribution in [2.24, 2.45) is 0 Å². The van der Waals surface area contributed by atoms with Crippen LogP contribution in [0.5, 0.6) is 0 Å². The van der Waals surface area contributed by atoms with Crippen molar-refractivity contribution >= 4 is 18.0 Å². The van der Waals surface area contributed by atoms with Crippen LogP contribution in [-0.2, 0) is 14.3 Å². The Balaban J connectivity index is 1.37. The number of carboxylic acids is 1. The van der Waals surface area contributed by atoms with E-state index in [0.29, 0.717) is 32.2 Å². The molecule has 3 N–H and O–H groups in total. The number of unbranched alkanes of at least 4 members (excludes halogenated alkanes) is 1. The maximum atomic E-state index is 13.0. The molecule has 2 amide bonds. The van der Waals surface area contributed by atoms with Crippen LogP contribution in [0.25, 0.3) is 11.1 Å². The maximum Gasteiger partial charge on any atom is 0.408 e. The fraction of sp³-hybridized carbons (Fsp3) is 0.444. The molecule has 0 unspecified atom stereocenters. The van der Waals surface area contributed by atoms with Gasteiger partial charge in [0.1, 0.15) is 12.1 Å². The molecule has 7 heteroatoms. The summed E-state index contributed by atoms with van der Waals surface area (Å²) in [5.41, 5.74) is 3.63. The van der Waals surface area contributed by atoms with Crippen molar-refractivity contribution in [3.05, 3.63) is 59.7 Å². The molecule has 2 aromatic rings. The number of carbonyl (C=O) groups excluding carboxylic acids is 2. The molecule has 0 heterocycles. The van der Waals surface area contributed by atoms with Gasteiger partial charge < -0.3 is 20.5 Å². The Kier molecular flexibility index (Phi) is 7.50. The number of amides is 2. The summed E-state index contributed by atoms with van der Waals surface area (Å²) in [7, 11) is 0. The van der Waals surface area contributed by atoms with E-state index in [1.165, 1.54) is 0 Å². The summed E-state index contributed by atoms with van der Waals surface area (Å²) in [5.74, 6) is -1.09. The van der Waals surface area contributed by atoms with Crippen molar-refractivity contribution in [3.8, 4) is 11.1 Å². The summed E-state index contributed by atoms with van der Waals surface area (Å²) in [6.45, 7) is 0.590. The van der Waals surface area contributed by atoms with Gasteiger partial charge in [-0.1, -0.05) is 67.8 Å². The van der Waals surface area contributed by atoms with E-state index in [-0.39, 0.29) is 24.9 Å². The zero-order valence-electron chi connectivity index (χ0n) is 19.3. The second kappa shape index (κ2) is 10.7. The monoisotopic (exact) mass is 464 g/mol. The van der Waals surface area contributed by atoms with Gasteiger partial charge in [0, 0.05) is 18.9 Å². The Bertz CT molecular complexity index is 999. The second-order valence-electron chi connectivity index (χ2n) is 9.20. The molecule has 0 spiro atoms. The number of nitrogens with one attached hydrogen (secondary N) is 2. The zero-order chi connectivity index (χ0) is 24.0. The Morgan fingerprint density at radius 2 is 1.53 bits per heavy atom. The molecule has 1 saturated carbocycles. The summed E-state index contributed by atoms with van der Waals surface area (Å²) in [4.78, 5) is 36.6. The lowest BCUT2D eigenvalue weighted by Gasteiger charge is -2.36. The van der Waals surface area contributed by atoms with Crippen LogP contribution in [-0.4, -0.2) is 41.8 Å². The van der Waals surface area contributed by atoms with Gasteiger partial charge in [-0.2, -0.15) is 0 Å². The third kappa shape index (κ3) is 5.24. The Morgan fingerprint density at radius 1 is 0.912 bits per heavy atom. The quantitative estimate of drug-likeness (QED) is 0.471. The predicted molar refractivity (Wildman–Crippen MR) is 129 cm³/mol. The van der Waals surface area contributed by atoms with Gasteiger partial charge in [-0.15, -0.1) is 0 Å². The molecule has 0 aromatic heterocycles. The maximum absolute atomic E-state index is 13.0. The number of carbonyl (C=O) groups is 3. The van der Waals surface area contributed by atoms with Crippen molar-refractivity contribution in [1.29, 1.82) is 0 Å². The van der Waals surface area contributed by atoms with E-state index in [1.807, 2.05) is 24.3 Å². The van der Waals surface area contributed by atoms with Crippen LogP contribution < -0.4 is 10.6 Å². The normalized spacial score (nSPS) is 16.2. The van der Waals surface area contributed by atoms with E-state index in [2.05, 4.69) is 34.9 Å². The minimum absolute atomic E-state index is 0.0384. The fourth-order valence-corrected chi connectivity index (χ4v) is 5.17. The Morgan fingerprint density at radius 3 is 2.15 bits per heavy atom. The van der Waals surface area contributed by atoms with Crippen LogP contribution in [0.2, 0.25) is 0 Å². The number of ether oxygens (including phenoxy) is 1. The van der Waals surface area contributed by atoms with Crippen LogP contribution >= 0.6 is 0 Å². The summed E-state index contributed by atoms with van der Waals surface area (Å²) in [5, 5.41) is 14.5. The summed E-state index contributed by atoms with van der Waals surface area (Å²) < 4.78 is 5.69. The van der Waals surface area contributed by atoms with E-state index in [9.17, 15) is 14.4 Å². The van der Waals surface area contributed by atoms with E-state index >= 15 is 0 Å². The number of fused-ring (bicyclic) bond motifs is 3. The standard InChI is InChI=1S/C27H32N2O5/c30-24(31)14-6-9-17-28-25(32)27(15-7-1-8-16-27)29-26(33)34-18-23-21-12-4-2-10-19(21)20-11-3-5-13-22(20)23/h2-5,10-13,23H,1,6-9,14-18H2,(H,28,32)(H,29,33)(H,30,31). The highest BCUT2D eigenvalue weighted by molar-refractivity contribution is 5.90.